The van der Waals surface area contributed by atoms with Crippen molar-refractivity contribution in [2.75, 3.05) is 13.2 Å². The van der Waals surface area contributed by atoms with Crippen molar-refractivity contribution < 1.29 is 28.6 Å². The average Bonchev–Trinajstić information content (AvgIpc) is 3.34. The van der Waals surface area contributed by atoms with Gasteiger partial charge in [-0.15, -0.1) is 0 Å². The van der Waals surface area contributed by atoms with Crippen molar-refractivity contribution in [1.29, 1.82) is 0 Å². The molecule has 0 aliphatic heterocycles. The molecule has 0 amide bonds. The zero-order valence-corrected chi connectivity index (χ0v) is 43.3. The van der Waals surface area contributed by atoms with Gasteiger partial charge in [-0.1, -0.05) is 231 Å². The molecule has 0 spiro atoms. The highest BCUT2D eigenvalue weighted by atomic mass is 16.6. The van der Waals surface area contributed by atoms with Gasteiger partial charge in [0.15, 0.2) is 6.10 Å². The van der Waals surface area contributed by atoms with Gasteiger partial charge in [0.25, 0.3) is 0 Å². The van der Waals surface area contributed by atoms with Crippen molar-refractivity contribution >= 4 is 17.9 Å². The monoisotopic (exact) mass is 937 g/mol. The molecule has 1 atom stereocenters. The average molecular weight is 937 g/mol. The van der Waals surface area contributed by atoms with Crippen molar-refractivity contribution in [1.82, 2.24) is 0 Å². The number of hydrogen-bond acceptors (Lipinski definition) is 6. The van der Waals surface area contributed by atoms with Crippen LogP contribution < -0.4 is 0 Å². The summed E-state index contributed by atoms with van der Waals surface area (Å²) in [5, 5.41) is 0. The lowest BCUT2D eigenvalue weighted by Gasteiger charge is -2.18. The van der Waals surface area contributed by atoms with Crippen LogP contribution in [-0.4, -0.2) is 37.2 Å². The summed E-state index contributed by atoms with van der Waals surface area (Å²) in [5.41, 5.74) is 0. The molecule has 0 saturated heterocycles. The third kappa shape index (κ3) is 52.3. The van der Waals surface area contributed by atoms with Crippen LogP contribution in [-0.2, 0) is 28.6 Å². The maximum atomic E-state index is 12.8. The fourth-order valence-electron chi connectivity index (χ4n) is 6.72. The Morgan fingerprint density at radius 2 is 0.662 bits per heavy atom. The zero-order chi connectivity index (χ0) is 49.3. The molecule has 0 aliphatic carbocycles. The van der Waals surface area contributed by atoms with Gasteiger partial charge in [-0.25, -0.2) is 0 Å². The topological polar surface area (TPSA) is 78.9 Å². The molecule has 0 N–H and O–H groups in total. The molecule has 6 nitrogen and oxygen atoms in total. The maximum Gasteiger partial charge on any atom is 0.306 e. The minimum Gasteiger partial charge on any atom is -0.462 e. The summed E-state index contributed by atoms with van der Waals surface area (Å²) in [4.78, 5) is 38.0. The molecule has 0 aromatic carbocycles. The number of carbonyl (C=O) groups excluding carboxylic acids is 3. The molecule has 0 radical (unpaired) electrons. The summed E-state index contributed by atoms with van der Waals surface area (Å²) in [7, 11) is 0. The molecule has 0 aromatic rings. The van der Waals surface area contributed by atoms with E-state index in [4.69, 9.17) is 14.2 Å². The van der Waals surface area contributed by atoms with E-state index in [0.29, 0.717) is 12.8 Å². The third-order valence-corrected chi connectivity index (χ3v) is 10.7. The van der Waals surface area contributed by atoms with Crippen molar-refractivity contribution in [3.8, 4) is 0 Å². The van der Waals surface area contributed by atoms with Crippen LogP contribution in [0.4, 0.5) is 0 Å². The van der Waals surface area contributed by atoms with Crippen molar-refractivity contribution in [3.63, 3.8) is 0 Å². The van der Waals surface area contributed by atoms with Crippen LogP contribution in [0, 0.1) is 0 Å². The lowest BCUT2D eigenvalue weighted by molar-refractivity contribution is -0.167. The summed E-state index contributed by atoms with van der Waals surface area (Å²) < 4.78 is 16.7. The highest BCUT2D eigenvalue weighted by Gasteiger charge is 2.19. The van der Waals surface area contributed by atoms with Gasteiger partial charge in [0.05, 0.1) is 0 Å². The highest BCUT2D eigenvalue weighted by Crippen LogP contribution is 2.12. The van der Waals surface area contributed by atoms with E-state index in [-0.39, 0.29) is 44.0 Å². The van der Waals surface area contributed by atoms with Gasteiger partial charge in [0.1, 0.15) is 13.2 Å². The molecule has 0 aromatic heterocycles. The first-order valence-electron chi connectivity index (χ1n) is 26.9. The number of unbranched alkanes of at least 4 members (excludes halogenated alkanes) is 16. The number of hydrogen-bond donors (Lipinski definition) is 0. The van der Waals surface area contributed by atoms with Crippen LogP contribution >= 0.6 is 0 Å². The molecule has 6 heteroatoms. The van der Waals surface area contributed by atoms with Gasteiger partial charge in [-0.2, -0.15) is 0 Å². The second-order valence-corrected chi connectivity index (χ2v) is 17.2. The second-order valence-electron chi connectivity index (χ2n) is 17.2. The number of ether oxygens (including phenoxy) is 3. The minimum atomic E-state index is -0.835. The van der Waals surface area contributed by atoms with Gasteiger partial charge in [0, 0.05) is 19.3 Å². The molecule has 68 heavy (non-hydrogen) atoms. The minimum absolute atomic E-state index is 0.130. The lowest BCUT2D eigenvalue weighted by atomic mass is 10.1. The fraction of sp³-hybridized carbons (Fsp3) is 0.565. The molecular weight excluding hydrogens is 841 g/mol. The van der Waals surface area contributed by atoms with E-state index in [1.54, 1.807) is 0 Å². The van der Waals surface area contributed by atoms with Gasteiger partial charge < -0.3 is 14.2 Å². The second kappa shape index (κ2) is 54.9. The van der Waals surface area contributed by atoms with Crippen LogP contribution in [0.2, 0.25) is 0 Å². The molecule has 0 rings (SSSR count). The Hall–Kier alpha value is -4.71. The Kier molecular flexibility index (Phi) is 51.1. The first-order chi connectivity index (χ1) is 33.5. The zero-order valence-electron chi connectivity index (χ0n) is 43.3. The summed E-state index contributed by atoms with van der Waals surface area (Å²) in [5.74, 6) is -1.06. The van der Waals surface area contributed by atoms with Gasteiger partial charge >= 0.3 is 17.9 Å². The standard InChI is InChI=1S/C62H96O6/c1-4-7-10-13-16-19-22-25-27-29-31-33-34-37-40-43-46-49-52-55-61(64)67-58-59(57-66-60(63)54-51-48-45-42-39-36-24-21-18-15-12-9-6-3)68-62(65)56-53-50-47-44-41-38-35-32-30-28-26-23-20-17-14-11-8-5-2/h7,9-10,12,15-16,18-19,21,24-25,27-28,30-33,35-37,39-40,42,45,59H,4-6,8,11,13-14,17,20,22-23,26,29,34,38,41,43-44,46-58H2,1-3H3/b10-7+,12-9+,18-15+,19-16+,24-21+,27-25+,30-28+,33-31+,35-32+,39-36+,40-37+,45-42+. The number of allylic oxidation sites excluding steroid dienone is 24. The maximum absolute atomic E-state index is 12.8. The molecule has 0 heterocycles. The quantitative estimate of drug-likeness (QED) is 0.0199. The van der Waals surface area contributed by atoms with Gasteiger partial charge in [0.2, 0.25) is 0 Å². The first kappa shape index (κ1) is 63.3. The fourth-order valence-corrected chi connectivity index (χ4v) is 6.72. The molecule has 0 aliphatic rings. The van der Waals surface area contributed by atoms with E-state index in [1.165, 1.54) is 44.9 Å². The van der Waals surface area contributed by atoms with Gasteiger partial charge in [-0.3, -0.25) is 14.4 Å². The van der Waals surface area contributed by atoms with Crippen molar-refractivity contribution in [2.45, 2.75) is 213 Å². The van der Waals surface area contributed by atoms with Crippen molar-refractivity contribution in [3.05, 3.63) is 146 Å². The van der Waals surface area contributed by atoms with Crippen molar-refractivity contribution in [2.24, 2.45) is 0 Å². The Morgan fingerprint density at radius 1 is 0.324 bits per heavy atom. The third-order valence-electron chi connectivity index (χ3n) is 10.7. The van der Waals surface area contributed by atoms with E-state index in [0.717, 1.165) is 116 Å². The normalized spacial score (nSPS) is 13.3. The van der Waals surface area contributed by atoms with Crippen LogP contribution in [0.15, 0.2) is 146 Å². The molecule has 0 saturated carbocycles. The number of rotatable bonds is 46. The molecule has 380 valence electrons. The van der Waals surface area contributed by atoms with E-state index < -0.39 is 6.10 Å². The Balaban J connectivity index is 4.58. The van der Waals surface area contributed by atoms with E-state index >= 15 is 0 Å². The molecule has 0 bridgehead atoms. The predicted molar refractivity (Wildman–Crippen MR) is 292 cm³/mol. The van der Waals surface area contributed by atoms with Crippen LogP contribution in [0.1, 0.15) is 207 Å². The summed E-state index contributed by atoms with van der Waals surface area (Å²) >= 11 is 0. The first-order valence-corrected chi connectivity index (χ1v) is 26.9. The van der Waals surface area contributed by atoms with E-state index in [9.17, 15) is 14.4 Å². The SMILES string of the molecule is CC/C=C/C=C/C=C/C=C/C=C/CCCC(=O)OCC(COC(=O)CCCCC/C=C/C/C=C/C/C=C/C/C=C/C/C=C/CC)OC(=O)CCCCCCC/C=C/C=C/CCCCCCCCC. The van der Waals surface area contributed by atoms with E-state index in [1.807, 2.05) is 54.7 Å². The van der Waals surface area contributed by atoms with Crippen LogP contribution in [0.25, 0.3) is 0 Å². The highest BCUT2D eigenvalue weighted by molar-refractivity contribution is 5.71. The smallest absolute Gasteiger partial charge is 0.306 e. The van der Waals surface area contributed by atoms with Gasteiger partial charge in [-0.05, 0) is 103 Å². The number of carbonyl (C=O) groups is 3. The summed E-state index contributed by atoms with van der Waals surface area (Å²) in [6.45, 7) is 6.25. The molecular formula is C62H96O6. The number of esters is 3. The summed E-state index contributed by atoms with van der Waals surface area (Å²) in [6.07, 6.45) is 78.4. The lowest BCUT2D eigenvalue weighted by Crippen LogP contribution is -2.30. The Bertz CT molecular complexity index is 1540. The Labute approximate surface area is 417 Å². The van der Waals surface area contributed by atoms with Crippen LogP contribution in [0.5, 0.6) is 0 Å². The summed E-state index contributed by atoms with van der Waals surface area (Å²) in [6, 6.07) is 0. The molecule has 1 unspecified atom stereocenters. The van der Waals surface area contributed by atoms with Crippen LogP contribution in [0.3, 0.4) is 0 Å². The largest absolute Gasteiger partial charge is 0.462 e. The Morgan fingerprint density at radius 3 is 1.16 bits per heavy atom. The predicted octanol–water partition coefficient (Wildman–Crippen LogP) is 18.0. The van der Waals surface area contributed by atoms with E-state index in [2.05, 4.69) is 112 Å². The molecule has 0 fully saturated rings.